The molecule has 4 nitrogen and oxygen atoms in total. The van der Waals surface area contributed by atoms with E-state index in [2.05, 4.69) is 11.1 Å². The van der Waals surface area contributed by atoms with Crippen molar-refractivity contribution in [3.63, 3.8) is 0 Å². The van der Waals surface area contributed by atoms with Gasteiger partial charge < -0.3 is 9.72 Å². The number of hydrogen-bond acceptors (Lipinski definition) is 3. The zero-order valence-electron chi connectivity index (χ0n) is 13.5. The van der Waals surface area contributed by atoms with E-state index in [1.54, 1.807) is 0 Å². The Kier molecular flexibility index (Phi) is 2.35. The molecule has 0 saturated carbocycles. The van der Waals surface area contributed by atoms with Crippen molar-refractivity contribution >= 4 is 55.3 Å². The van der Waals surface area contributed by atoms with Crippen molar-refractivity contribution in [2.45, 2.75) is 0 Å². The third-order valence-corrected chi connectivity index (χ3v) is 5.22. The lowest BCUT2D eigenvalue weighted by atomic mass is 9.93. The second kappa shape index (κ2) is 4.49. The van der Waals surface area contributed by atoms with Crippen LogP contribution in [0.5, 0.6) is 0 Å². The van der Waals surface area contributed by atoms with Crippen molar-refractivity contribution in [1.29, 1.82) is 0 Å². The number of benzene rings is 4. The number of para-hydroxylation sites is 1. The second-order valence-electron chi connectivity index (χ2n) is 6.59. The van der Waals surface area contributed by atoms with Crippen LogP contribution in [0.1, 0.15) is 20.7 Å². The maximum absolute atomic E-state index is 12.5. The molecule has 0 saturated heterocycles. The molecule has 4 aromatic carbocycles. The van der Waals surface area contributed by atoms with Crippen molar-refractivity contribution in [3.8, 4) is 0 Å². The summed E-state index contributed by atoms with van der Waals surface area (Å²) in [4.78, 5) is 28.4. The standard InChI is InChI=1S/C22H11NO3/c24-21-18-14-9-11-5-1-2-6-12(11)10-15(14)20-17(19(18)22(25)26-21)13-7-3-4-8-16(13)23-20/h1-10,23H. The average Bonchev–Trinajstić information content (AvgIpc) is 3.18. The molecule has 0 radical (unpaired) electrons. The highest BCUT2D eigenvalue weighted by Gasteiger charge is 2.35. The smallest absolute Gasteiger partial charge is 0.347 e. The number of cyclic esters (lactones) is 2. The van der Waals surface area contributed by atoms with E-state index in [-0.39, 0.29) is 0 Å². The van der Waals surface area contributed by atoms with Crippen molar-refractivity contribution in [2.75, 3.05) is 0 Å². The fraction of sp³-hybridized carbons (Fsp3) is 0. The molecular formula is C22H11NO3. The summed E-state index contributed by atoms with van der Waals surface area (Å²) in [5.74, 6) is -1.15. The van der Waals surface area contributed by atoms with E-state index in [0.717, 1.165) is 43.4 Å². The summed E-state index contributed by atoms with van der Waals surface area (Å²) in [7, 11) is 0. The molecule has 1 aliphatic rings. The van der Waals surface area contributed by atoms with Gasteiger partial charge >= 0.3 is 11.9 Å². The van der Waals surface area contributed by atoms with Crippen LogP contribution in [-0.2, 0) is 4.74 Å². The SMILES string of the molecule is O=C1OC(=O)c2c1c1cc3ccccc3cc1c1[nH]c3ccccc3c21. The Morgan fingerprint density at radius 1 is 0.692 bits per heavy atom. The van der Waals surface area contributed by atoms with Crippen LogP contribution in [0, 0.1) is 0 Å². The number of aromatic nitrogens is 1. The number of esters is 2. The molecule has 0 spiro atoms. The molecule has 1 aliphatic heterocycles. The zero-order valence-corrected chi connectivity index (χ0v) is 13.5. The second-order valence-corrected chi connectivity index (χ2v) is 6.59. The summed E-state index contributed by atoms with van der Waals surface area (Å²) >= 11 is 0. The van der Waals surface area contributed by atoms with Crippen LogP contribution in [0.2, 0.25) is 0 Å². The van der Waals surface area contributed by atoms with E-state index in [1.807, 2.05) is 54.6 Å². The fourth-order valence-electron chi connectivity index (χ4n) is 4.12. The van der Waals surface area contributed by atoms with Gasteiger partial charge in [-0.2, -0.15) is 0 Å². The topological polar surface area (TPSA) is 59.2 Å². The summed E-state index contributed by atoms with van der Waals surface area (Å²) in [5, 5.41) is 5.44. The van der Waals surface area contributed by atoms with E-state index in [4.69, 9.17) is 4.74 Å². The third-order valence-electron chi connectivity index (χ3n) is 5.22. The Bertz CT molecular complexity index is 1440. The lowest BCUT2D eigenvalue weighted by Crippen LogP contribution is -1.97. The molecule has 6 rings (SSSR count). The van der Waals surface area contributed by atoms with Gasteiger partial charge in [0.15, 0.2) is 0 Å². The van der Waals surface area contributed by atoms with Crippen molar-refractivity contribution < 1.29 is 14.3 Å². The molecule has 1 aromatic heterocycles. The Morgan fingerprint density at radius 3 is 2.15 bits per heavy atom. The molecule has 0 aliphatic carbocycles. The fourth-order valence-corrected chi connectivity index (χ4v) is 4.12. The average molecular weight is 337 g/mol. The monoisotopic (exact) mass is 337 g/mol. The molecule has 122 valence electrons. The van der Waals surface area contributed by atoms with Gasteiger partial charge in [0, 0.05) is 21.7 Å². The summed E-state index contributed by atoms with van der Waals surface area (Å²) in [6.45, 7) is 0. The lowest BCUT2D eigenvalue weighted by Gasteiger charge is -2.07. The first-order valence-electron chi connectivity index (χ1n) is 8.38. The van der Waals surface area contributed by atoms with Gasteiger partial charge in [0.25, 0.3) is 0 Å². The largest absolute Gasteiger partial charge is 0.386 e. The van der Waals surface area contributed by atoms with E-state index < -0.39 is 11.9 Å². The highest BCUT2D eigenvalue weighted by Crippen LogP contribution is 2.41. The van der Waals surface area contributed by atoms with E-state index >= 15 is 0 Å². The van der Waals surface area contributed by atoms with Gasteiger partial charge in [0.1, 0.15) is 0 Å². The molecule has 1 N–H and O–H groups in total. The van der Waals surface area contributed by atoms with E-state index in [0.29, 0.717) is 11.1 Å². The normalized spacial score (nSPS) is 13.8. The summed E-state index contributed by atoms with van der Waals surface area (Å²) in [5.41, 5.74) is 2.52. The predicted octanol–water partition coefficient (Wildman–Crippen LogP) is 4.94. The Morgan fingerprint density at radius 2 is 1.35 bits per heavy atom. The molecule has 0 amide bonds. The summed E-state index contributed by atoms with van der Waals surface area (Å²) < 4.78 is 4.99. The molecule has 0 unspecified atom stereocenters. The van der Waals surface area contributed by atoms with Crippen LogP contribution in [0.4, 0.5) is 0 Å². The van der Waals surface area contributed by atoms with E-state index in [9.17, 15) is 9.59 Å². The van der Waals surface area contributed by atoms with Crippen LogP contribution in [0.3, 0.4) is 0 Å². The molecule has 0 atom stereocenters. The number of aromatic amines is 1. The third kappa shape index (κ3) is 1.54. The first-order valence-corrected chi connectivity index (χ1v) is 8.38. The number of ether oxygens (including phenoxy) is 1. The van der Waals surface area contributed by atoms with Gasteiger partial charge in [-0.15, -0.1) is 0 Å². The minimum atomic E-state index is -0.574. The van der Waals surface area contributed by atoms with Crippen LogP contribution in [-0.4, -0.2) is 16.9 Å². The number of hydrogen-bond donors (Lipinski definition) is 1. The number of carbonyl (C=O) groups is 2. The highest BCUT2D eigenvalue weighted by molar-refractivity contribution is 6.34. The lowest BCUT2D eigenvalue weighted by molar-refractivity contribution is 0.0445. The summed E-state index contributed by atoms with van der Waals surface area (Å²) in [6, 6.07) is 19.8. The Balaban J connectivity index is 1.99. The molecule has 5 aromatic rings. The quantitative estimate of drug-likeness (QED) is 0.247. The van der Waals surface area contributed by atoms with Crippen LogP contribution in [0.25, 0.3) is 43.4 Å². The van der Waals surface area contributed by atoms with Crippen molar-refractivity contribution in [3.05, 3.63) is 71.8 Å². The van der Waals surface area contributed by atoms with Gasteiger partial charge in [-0.1, -0.05) is 42.5 Å². The first-order chi connectivity index (χ1) is 12.7. The summed E-state index contributed by atoms with van der Waals surface area (Å²) in [6.07, 6.45) is 0. The van der Waals surface area contributed by atoms with Crippen molar-refractivity contribution in [2.24, 2.45) is 0 Å². The Hall–Kier alpha value is -3.66. The van der Waals surface area contributed by atoms with Crippen molar-refractivity contribution in [1.82, 2.24) is 4.98 Å². The van der Waals surface area contributed by atoms with E-state index in [1.165, 1.54) is 0 Å². The predicted molar refractivity (Wildman–Crippen MR) is 101 cm³/mol. The van der Waals surface area contributed by atoms with Gasteiger partial charge in [-0.25, -0.2) is 9.59 Å². The maximum Gasteiger partial charge on any atom is 0.347 e. The molecular weight excluding hydrogens is 326 g/mol. The number of H-pyrrole nitrogens is 1. The van der Waals surface area contributed by atoms with Crippen LogP contribution in [0.15, 0.2) is 60.7 Å². The van der Waals surface area contributed by atoms with Crippen LogP contribution >= 0.6 is 0 Å². The number of rotatable bonds is 0. The highest BCUT2D eigenvalue weighted by atomic mass is 16.6. The minimum Gasteiger partial charge on any atom is -0.386 e. The zero-order chi connectivity index (χ0) is 17.4. The number of carbonyl (C=O) groups excluding carboxylic acids is 2. The molecule has 0 fully saturated rings. The van der Waals surface area contributed by atoms with Gasteiger partial charge in [0.2, 0.25) is 0 Å². The maximum atomic E-state index is 12.5. The Labute approximate surface area is 147 Å². The first kappa shape index (κ1) is 13.6. The van der Waals surface area contributed by atoms with Gasteiger partial charge in [-0.3, -0.25) is 0 Å². The molecule has 2 heterocycles. The minimum absolute atomic E-state index is 0.366. The van der Waals surface area contributed by atoms with Gasteiger partial charge in [-0.05, 0) is 34.4 Å². The molecule has 26 heavy (non-hydrogen) atoms. The molecule has 4 heteroatoms. The molecule has 0 bridgehead atoms. The number of nitrogens with one attached hydrogen (secondary N) is 1. The number of fused-ring (bicyclic) bond motifs is 9. The van der Waals surface area contributed by atoms with Gasteiger partial charge in [0.05, 0.1) is 16.6 Å². The van der Waals surface area contributed by atoms with Crippen LogP contribution < -0.4 is 0 Å².